The van der Waals surface area contributed by atoms with Gasteiger partial charge in [0.25, 0.3) is 0 Å². The molecule has 2 aromatic carbocycles. The van der Waals surface area contributed by atoms with Gasteiger partial charge in [0.1, 0.15) is 5.75 Å². The van der Waals surface area contributed by atoms with E-state index in [1.807, 2.05) is 24.3 Å². The molecule has 0 bridgehead atoms. The first-order chi connectivity index (χ1) is 8.31. The lowest BCUT2D eigenvalue weighted by atomic mass is 10.0. The van der Waals surface area contributed by atoms with Gasteiger partial charge in [-0.3, -0.25) is 0 Å². The van der Waals surface area contributed by atoms with Crippen LogP contribution in [-0.2, 0) is 0 Å². The Balaban J connectivity index is 2.40. The quantitative estimate of drug-likeness (QED) is 0.757. The van der Waals surface area contributed by atoms with Gasteiger partial charge in [-0.15, -0.1) is 0 Å². The third kappa shape index (κ3) is 3.10. The average molecular weight is 291 g/mol. The minimum atomic E-state index is 0.683. The van der Waals surface area contributed by atoms with Crippen molar-refractivity contribution >= 4 is 15.9 Å². The first kappa shape index (κ1) is 12.2. The molecular weight excluding hydrogens is 276 g/mol. The highest BCUT2D eigenvalue weighted by Crippen LogP contribution is 2.30. The maximum atomic E-state index is 5.75. The van der Waals surface area contributed by atoms with Crippen molar-refractivity contribution in [2.24, 2.45) is 0 Å². The van der Waals surface area contributed by atoms with E-state index in [0.717, 1.165) is 16.6 Å². The van der Waals surface area contributed by atoms with Gasteiger partial charge in [0.2, 0.25) is 0 Å². The lowest BCUT2D eigenvalue weighted by molar-refractivity contribution is 0.346. The summed E-state index contributed by atoms with van der Waals surface area (Å²) in [4.78, 5) is 0. The molecule has 0 aliphatic carbocycles. The summed E-state index contributed by atoms with van der Waals surface area (Å²) in [6.07, 6.45) is 0. The molecule has 0 unspecified atom stereocenters. The fourth-order valence-electron chi connectivity index (χ4n) is 1.76. The number of hydrogen-bond acceptors (Lipinski definition) is 1. The molecule has 2 rings (SSSR count). The van der Waals surface area contributed by atoms with E-state index in [4.69, 9.17) is 4.74 Å². The van der Waals surface area contributed by atoms with E-state index >= 15 is 0 Å². The lowest BCUT2D eigenvalue weighted by Gasteiger charge is -2.11. The van der Waals surface area contributed by atoms with E-state index in [9.17, 15) is 0 Å². The fraction of sp³-hybridized carbons (Fsp3) is 0.200. The Bertz CT molecular complexity index is 480. The Morgan fingerprint density at radius 2 is 1.82 bits per heavy atom. The zero-order valence-corrected chi connectivity index (χ0v) is 11.4. The highest BCUT2D eigenvalue weighted by molar-refractivity contribution is 9.09. The minimum absolute atomic E-state index is 0.683. The van der Waals surface area contributed by atoms with E-state index in [1.54, 1.807) is 0 Å². The predicted octanol–water partition coefficient (Wildman–Crippen LogP) is 4.44. The molecule has 2 aromatic rings. The maximum Gasteiger partial charge on any atom is 0.127 e. The molecular formula is C15H15BrO. The molecule has 0 saturated heterocycles. The molecule has 0 atom stereocenters. The van der Waals surface area contributed by atoms with Crippen molar-refractivity contribution in [2.75, 3.05) is 11.9 Å². The van der Waals surface area contributed by atoms with Gasteiger partial charge >= 0.3 is 0 Å². The van der Waals surface area contributed by atoms with E-state index in [2.05, 4.69) is 47.1 Å². The molecule has 0 N–H and O–H groups in total. The van der Waals surface area contributed by atoms with Crippen LogP contribution in [0.1, 0.15) is 5.56 Å². The molecule has 0 heterocycles. The summed E-state index contributed by atoms with van der Waals surface area (Å²) >= 11 is 3.38. The smallest absolute Gasteiger partial charge is 0.127 e. The third-order valence-corrected chi connectivity index (χ3v) is 2.88. The van der Waals surface area contributed by atoms with Crippen LogP contribution in [0.15, 0.2) is 48.5 Å². The van der Waals surface area contributed by atoms with Crippen LogP contribution in [0, 0.1) is 6.92 Å². The normalized spacial score (nSPS) is 10.2. The molecule has 2 heteroatoms. The summed E-state index contributed by atoms with van der Waals surface area (Å²) in [6.45, 7) is 2.78. The number of alkyl halides is 1. The zero-order valence-electron chi connectivity index (χ0n) is 9.82. The molecule has 88 valence electrons. The average Bonchev–Trinajstić information content (AvgIpc) is 2.38. The molecule has 0 aliphatic rings. The second-order valence-corrected chi connectivity index (χ2v) is 4.70. The van der Waals surface area contributed by atoms with Gasteiger partial charge < -0.3 is 4.74 Å². The Morgan fingerprint density at radius 1 is 1.06 bits per heavy atom. The summed E-state index contributed by atoms with van der Waals surface area (Å²) in [5.74, 6) is 0.946. The molecule has 0 saturated carbocycles. The predicted molar refractivity (Wildman–Crippen MR) is 75.9 cm³/mol. The van der Waals surface area contributed by atoms with Gasteiger partial charge in [0.05, 0.1) is 6.61 Å². The lowest BCUT2D eigenvalue weighted by Crippen LogP contribution is -1.99. The molecule has 0 radical (unpaired) electrons. The maximum absolute atomic E-state index is 5.75. The van der Waals surface area contributed by atoms with Crippen LogP contribution in [0.25, 0.3) is 11.1 Å². The highest BCUT2D eigenvalue weighted by atomic mass is 79.9. The van der Waals surface area contributed by atoms with Crippen LogP contribution in [0.2, 0.25) is 0 Å². The number of benzene rings is 2. The van der Waals surface area contributed by atoms with Crippen molar-refractivity contribution in [3.05, 3.63) is 54.1 Å². The SMILES string of the molecule is Cc1ccc(OCCBr)c(-c2ccccc2)c1. The Hall–Kier alpha value is -1.28. The van der Waals surface area contributed by atoms with Gasteiger partial charge in [0.15, 0.2) is 0 Å². The van der Waals surface area contributed by atoms with Crippen molar-refractivity contribution in [3.8, 4) is 16.9 Å². The largest absolute Gasteiger partial charge is 0.492 e. The second-order valence-electron chi connectivity index (χ2n) is 3.90. The summed E-state index contributed by atoms with van der Waals surface area (Å²) in [7, 11) is 0. The number of aryl methyl sites for hydroxylation is 1. The first-order valence-corrected chi connectivity index (χ1v) is 6.78. The zero-order chi connectivity index (χ0) is 12.1. The van der Waals surface area contributed by atoms with Crippen LogP contribution in [0.5, 0.6) is 5.75 Å². The topological polar surface area (TPSA) is 9.23 Å². The highest BCUT2D eigenvalue weighted by Gasteiger charge is 2.06. The molecule has 0 fully saturated rings. The summed E-state index contributed by atoms with van der Waals surface area (Å²) < 4.78 is 5.75. The van der Waals surface area contributed by atoms with Crippen molar-refractivity contribution in [2.45, 2.75) is 6.92 Å². The van der Waals surface area contributed by atoms with E-state index < -0.39 is 0 Å². The molecule has 0 amide bonds. The minimum Gasteiger partial charge on any atom is -0.492 e. The summed E-state index contributed by atoms with van der Waals surface area (Å²) in [5, 5.41) is 0.842. The number of rotatable bonds is 4. The van der Waals surface area contributed by atoms with Crippen molar-refractivity contribution in [1.29, 1.82) is 0 Å². The number of ether oxygens (including phenoxy) is 1. The van der Waals surface area contributed by atoms with E-state index in [-0.39, 0.29) is 0 Å². The van der Waals surface area contributed by atoms with Crippen molar-refractivity contribution in [3.63, 3.8) is 0 Å². The van der Waals surface area contributed by atoms with Crippen LogP contribution < -0.4 is 4.74 Å². The first-order valence-electron chi connectivity index (χ1n) is 5.66. The second kappa shape index (κ2) is 5.87. The van der Waals surface area contributed by atoms with Crippen LogP contribution in [-0.4, -0.2) is 11.9 Å². The van der Waals surface area contributed by atoms with Crippen LogP contribution in [0.4, 0.5) is 0 Å². The Morgan fingerprint density at radius 3 is 2.53 bits per heavy atom. The van der Waals surface area contributed by atoms with E-state index in [1.165, 1.54) is 11.1 Å². The third-order valence-electron chi connectivity index (χ3n) is 2.55. The van der Waals surface area contributed by atoms with Crippen LogP contribution >= 0.6 is 15.9 Å². The summed E-state index contributed by atoms with van der Waals surface area (Å²) in [5.41, 5.74) is 3.60. The van der Waals surface area contributed by atoms with Gasteiger partial charge in [-0.05, 0) is 24.6 Å². The Kier molecular flexibility index (Phi) is 4.21. The van der Waals surface area contributed by atoms with Crippen LogP contribution in [0.3, 0.4) is 0 Å². The van der Waals surface area contributed by atoms with Crippen molar-refractivity contribution < 1.29 is 4.74 Å². The molecule has 0 spiro atoms. The molecule has 0 aromatic heterocycles. The summed E-state index contributed by atoms with van der Waals surface area (Å²) in [6, 6.07) is 16.6. The van der Waals surface area contributed by atoms with Gasteiger partial charge in [-0.1, -0.05) is 57.9 Å². The van der Waals surface area contributed by atoms with Gasteiger partial charge in [0, 0.05) is 10.9 Å². The standard InChI is InChI=1S/C15H15BrO/c1-12-7-8-15(17-10-9-16)14(11-12)13-5-3-2-4-6-13/h2-8,11H,9-10H2,1H3. The molecule has 17 heavy (non-hydrogen) atoms. The van der Waals surface area contributed by atoms with Gasteiger partial charge in [-0.25, -0.2) is 0 Å². The van der Waals surface area contributed by atoms with E-state index in [0.29, 0.717) is 6.61 Å². The number of hydrogen-bond donors (Lipinski definition) is 0. The van der Waals surface area contributed by atoms with Crippen molar-refractivity contribution in [1.82, 2.24) is 0 Å². The monoisotopic (exact) mass is 290 g/mol. The number of halogens is 1. The fourth-order valence-corrected chi connectivity index (χ4v) is 1.92. The molecule has 0 aliphatic heterocycles. The van der Waals surface area contributed by atoms with Gasteiger partial charge in [-0.2, -0.15) is 0 Å². The molecule has 1 nitrogen and oxygen atoms in total. The Labute approximate surface area is 111 Å².